The Morgan fingerprint density at radius 1 is 0.708 bits per heavy atom. The molecular weight excluding hydrogens is 288 g/mol. The van der Waals surface area contributed by atoms with Crippen LogP contribution in [-0.4, -0.2) is 0 Å². The first-order valence-electron chi connectivity index (χ1n) is 9.19. The Bertz CT molecular complexity index is 821. The molecule has 0 atom stereocenters. The summed E-state index contributed by atoms with van der Waals surface area (Å²) < 4.78 is 0. The predicted molar refractivity (Wildman–Crippen MR) is 106 cm³/mol. The SMILES string of the molecule is Cc1cc2c(cc1C(C)(C)C)-c1c(cc(C)c(C(C)(C)C)c1C)C2. The zero-order chi connectivity index (χ0) is 18.0. The van der Waals surface area contributed by atoms with Crippen LogP contribution in [0.25, 0.3) is 11.1 Å². The van der Waals surface area contributed by atoms with Gasteiger partial charge in [0.25, 0.3) is 0 Å². The first-order valence-corrected chi connectivity index (χ1v) is 9.19. The number of benzene rings is 2. The maximum atomic E-state index is 2.48. The van der Waals surface area contributed by atoms with Crippen LogP contribution >= 0.6 is 0 Å². The molecule has 2 aromatic carbocycles. The smallest absolute Gasteiger partial charge is 0.00131 e. The third kappa shape index (κ3) is 2.61. The highest BCUT2D eigenvalue weighted by atomic mass is 14.3. The van der Waals surface area contributed by atoms with Gasteiger partial charge in [-0.1, -0.05) is 59.7 Å². The second kappa shape index (κ2) is 5.22. The normalized spacial score (nSPS) is 13.9. The average Bonchev–Trinajstić information content (AvgIpc) is 2.71. The van der Waals surface area contributed by atoms with Crippen LogP contribution in [0.2, 0.25) is 0 Å². The summed E-state index contributed by atoms with van der Waals surface area (Å²) >= 11 is 0. The van der Waals surface area contributed by atoms with Gasteiger partial charge in [0, 0.05) is 0 Å². The van der Waals surface area contributed by atoms with Crippen LogP contribution in [0.5, 0.6) is 0 Å². The summed E-state index contributed by atoms with van der Waals surface area (Å²) in [6.07, 6.45) is 1.09. The molecule has 0 nitrogen and oxygen atoms in total. The molecule has 0 amide bonds. The third-order valence-corrected chi connectivity index (χ3v) is 5.51. The van der Waals surface area contributed by atoms with Gasteiger partial charge < -0.3 is 0 Å². The van der Waals surface area contributed by atoms with Gasteiger partial charge in [0.1, 0.15) is 0 Å². The fourth-order valence-electron chi connectivity index (χ4n) is 4.90. The van der Waals surface area contributed by atoms with E-state index in [9.17, 15) is 0 Å². The van der Waals surface area contributed by atoms with Crippen LogP contribution in [0.15, 0.2) is 18.2 Å². The van der Waals surface area contributed by atoms with Gasteiger partial charge in [0.2, 0.25) is 0 Å². The monoisotopic (exact) mass is 320 g/mol. The van der Waals surface area contributed by atoms with Crippen LogP contribution in [0.1, 0.15) is 80.5 Å². The zero-order valence-corrected chi connectivity index (χ0v) is 16.9. The minimum Gasteiger partial charge on any atom is -0.0561 e. The summed E-state index contributed by atoms with van der Waals surface area (Å²) in [4.78, 5) is 0. The fraction of sp³-hybridized carbons (Fsp3) is 0.500. The molecule has 2 aromatic rings. The average molecular weight is 321 g/mol. The molecule has 0 saturated heterocycles. The summed E-state index contributed by atoms with van der Waals surface area (Å²) in [5, 5.41) is 0. The molecule has 0 fully saturated rings. The highest BCUT2D eigenvalue weighted by Gasteiger charge is 2.29. The minimum atomic E-state index is 0.184. The number of hydrogen-bond acceptors (Lipinski definition) is 0. The minimum absolute atomic E-state index is 0.184. The molecule has 0 unspecified atom stereocenters. The highest BCUT2D eigenvalue weighted by molar-refractivity contribution is 5.82. The molecule has 0 bridgehead atoms. The Morgan fingerprint density at radius 3 is 1.83 bits per heavy atom. The number of rotatable bonds is 0. The van der Waals surface area contributed by atoms with Crippen molar-refractivity contribution >= 4 is 0 Å². The molecule has 128 valence electrons. The van der Waals surface area contributed by atoms with Gasteiger partial charge in [0.15, 0.2) is 0 Å². The van der Waals surface area contributed by atoms with Gasteiger partial charge in [-0.05, 0) is 88.1 Å². The van der Waals surface area contributed by atoms with E-state index in [1.165, 1.54) is 50.1 Å². The van der Waals surface area contributed by atoms with Gasteiger partial charge in [-0.2, -0.15) is 0 Å². The Morgan fingerprint density at radius 2 is 1.29 bits per heavy atom. The Kier molecular flexibility index (Phi) is 3.75. The maximum Gasteiger partial charge on any atom is -0.00131 e. The molecule has 3 rings (SSSR count). The molecule has 0 saturated carbocycles. The molecule has 0 aromatic heterocycles. The number of fused-ring (bicyclic) bond motifs is 3. The predicted octanol–water partition coefficient (Wildman–Crippen LogP) is 6.78. The molecule has 1 aliphatic rings. The Hall–Kier alpha value is -1.56. The van der Waals surface area contributed by atoms with E-state index in [4.69, 9.17) is 0 Å². The first kappa shape index (κ1) is 17.3. The van der Waals surface area contributed by atoms with Crippen molar-refractivity contribution in [2.75, 3.05) is 0 Å². The lowest BCUT2D eigenvalue weighted by molar-refractivity contribution is 0.582. The van der Waals surface area contributed by atoms with Gasteiger partial charge in [-0.25, -0.2) is 0 Å². The molecule has 0 aliphatic heterocycles. The molecule has 0 spiro atoms. The lowest BCUT2D eigenvalue weighted by Gasteiger charge is -2.27. The quantitative estimate of drug-likeness (QED) is 0.428. The van der Waals surface area contributed by atoms with E-state index in [1.807, 2.05) is 0 Å². The molecule has 24 heavy (non-hydrogen) atoms. The van der Waals surface area contributed by atoms with Crippen LogP contribution in [-0.2, 0) is 17.3 Å². The van der Waals surface area contributed by atoms with E-state index >= 15 is 0 Å². The van der Waals surface area contributed by atoms with Crippen molar-refractivity contribution in [2.24, 2.45) is 0 Å². The topological polar surface area (TPSA) is 0 Å². The second-order valence-electron chi connectivity index (χ2n) is 9.73. The summed E-state index contributed by atoms with van der Waals surface area (Å²) in [5.41, 5.74) is 13.7. The zero-order valence-electron chi connectivity index (χ0n) is 16.9. The van der Waals surface area contributed by atoms with Crippen LogP contribution in [0, 0.1) is 20.8 Å². The molecule has 0 radical (unpaired) electrons. The van der Waals surface area contributed by atoms with Crippen LogP contribution < -0.4 is 0 Å². The lowest BCUT2D eigenvalue weighted by atomic mass is 9.77. The van der Waals surface area contributed by atoms with Crippen molar-refractivity contribution in [1.82, 2.24) is 0 Å². The van der Waals surface area contributed by atoms with Crippen LogP contribution in [0.3, 0.4) is 0 Å². The fourth-order valence-corrected chi connectivity index (χ4v) is 4.90. The largest absolute Gasteiger partial charge is 0.0561 e. The first-order chi connectivity index (χ1) is 10.9. The van der Waals surface area contributed by atoms with Gasteiger partial charge in [0.05, 0.1) is 0 Å². The van der Waals surface area contributed by atoms with E-state index in [0.29, 0.717) is 0 Å². The van der Waals surface area contributed by atoms with Gasteiger partial charge in [-0.15, -0.1) is 0 Å². The van der Waals surface area contributed by atoms with Crippen molar-refractivity contribution in [1.29, 1.82) is 0 Å². The molecule has 0 N–H and O–H groups in total. The summed E-state index contributed by atoms with van der Waals surface area (Å²) in [7, 11) is 0. The summed E-state index contributed by atoms with van der Waals surface area (Å²) in [5.74, 6) is 0. The Labute approximate surface area is 148 Å². The van der Waals surface area contributed by atoms with Crippen molar-refractivity contribution in [3.05, 3.63) is 57.1 Å². The molecule has 1 aliphatic carbocycles. The maximum absolute atomic E-state index is 2.48. The van der Waals surface area contributed by atoms with E-state index in [0.717, 1.165) is 6.42 Å². The van der Waals surface area contributed by atoms with E-state index in [1.54, 1.807) is 0 Å². The van der Waals surface area contributed by atoms with Crippen molar-refractivity contribution in [3.8, 4) is 11.1 Å². The van der Waals surface area contributed by atoms with Crippen molar-refractivity contribution in [2.45, 2.75) is 79.6 Å². The Balaban J connectivity index is 2.31. The van der Waals surface area contributed by atoms with Crippen molar-refractivity contribution < 1.29 is 0 Å². The van der Waals surface area contributed by atoms with E-state index in [-0.39, 0.29) is 10.8 Å². The molecule has 0 heteroatoms. The molecule has 0 heterocycles. The summed E-state index contributed by atoms with van der Waals surface area (Å²) in [6, 6.07) is 7.35. The molecular formula is C24H32. The number of aryl methyl sites for hydroxylation is 2. The number of hydrogen-bond donors (Lipinski definition) is 0. The lowest BCUT2D eigenvalue weighted by Crippen LogP contribution is -2.16. The summed E-state index contributed by atoms with van der Waals surface area (Å²) in [6.45, 7) is 20.8. The van der Waals surface area contributed by atoms with Crippen molar-refractivity contribution in [3.63, 3.8) is 0 Å². The third-order valence-electron chi connectivity index (χ3n) is 5.51. The highest BCUT2D eigenvalue weighted by Crippen LogP contribution is 2.45. The standard InChI is InChI=1S/C24H32/c1-14-10-17-12-18-11-15(2)22(24(7,8)9)16(3)21(18)19(17)13-20(14)23(4,5)6/h10-11,13H,12H2,1-9H3. The van der Waals surface area contributed by atoms with Crippen LogP contribution in [0.4, 0.5) is 0 Å². The van der Waals surface area contributed by atoms with Gasteiger partial charge >= 0.3 is 0 Å². The van der Waals surface area contributed by atoms with E-state index < -0.39 is 0 Å². The second-order valence-corrected chi connectivity index (χ2v) is 9.73. The van der Waals surface area contributed by atoms with Gasteiger partial charge in [-0.3, -0.25) is 0 Å². The van der Waals surface area contributed by atoms with E-state index in [2.05, 4.69) is 80.5 Å².